The van der Waals surface area contributed by atoms with E-state index in [0.29, 0.717) is 22.2 Å². The third kappa shape index (κ3) is 3.48. The molecule has 5 rings (SSSR count). The van der Waals surface area contributed by atoms with E-state index in [0.717, 1.165) is 27.5 Å². The first-order valence-electron chi connectivity index (χ1n) is 9.17. The zero-order valence-electron chi connectivity index (χ0n) is 15.3. The minimum Gasteiger partial charge on any atom is -0.436 e. The number of benzene rings is 3. The molecule has 0 aliphatic carbocycles. The highest BCUT2D eigenvalue weighted by molar-refractivity contribution is 6.30. The molecule has 0 bridgehead atoms. The van der Waals surface area contributed by atoms with Gasteiger partial charge in [0.05, 0.1) is 6.42 Å². The lowest BCUT2D eigenvalue weighted by Gasteiger charge is -2.04. The molecule has 2 N–H and O–H groups in total. The number of rotatable bonds is 4. The number of nitrogens with one attached hydrogen (secondary N) is 2. The van der Waals surface area contributed by atoms with Crippen LogP contribution in [0.1, 0.15) is 5.56 Å². The predicted octanol–water partition coefficient (Wildman–Crippen LogP) is 5.81. The average Bonchev–Trinajstić information content (AvgIpc) is 3.32. The minimum absolute atomic E-state index is 0.0938. The zero-order chi connectivity index (χ0) is 19.8. The summed E-state index contributed by atoms with van der Waals surface area (Å²) in [4.78, 5) is 20.2. The van der Waals surface area contributed by atoms with Crippen molar-refractivity contribution in [1.29, 1.82) is 0 Å². The number of nitrogens with zero attached hydrogens (tertiary/aromatic N) is 1. The van der Waals surface area contributed by atoms with Gasteiger partial charge in [0.15, 0.2) is 5.58 Å². The molecule has 2 aromatic heterocycles. The number of oxazole rings is 1. The van der Waals surface area contributed by atoms with E-state index in [-0.39, 0.29) is 12.3 Å². The smallest absolute Gasteiger partial charge is 0.228 e. The number of aromatic amines is 1. The van der Waals surface area contributed by atoms with Crippen molar-refractivity contribution in [3.8, 4) is 11.5 Å². The highest BCUT2D eigenvalue weighted by atomic mass is 35.5. The molecule has 1 amide bonds. The monoisotopic (exact) mass is 401 g/mol. The summed E-state index contributed by atoms with van der Waals surface area (Å²) in [5.41, 5.74) is 4.77. The van der Waals surface area contributed by atoms with Crippen LogP contribution >= 0.6 is 11.6 Å². The van der Waals surface area contributed by atoms with E-state index < -0.39 is 0 Å². The molecule has 5 aromatic rings. The molecule has 29 heavy (non-hydrogen) atoms. The number of fused-ring (bicyclic) bond motifs is 2. The summed E-state index contributed by atoms with van der Waals surface area (Å²) < 4.78 is 5.87. The van der Waals surface area contributed by atoms with E-state index in [9.17, 15) is 4.79 Å². The Labute approximate surface area is 171 Å². The fourth-order valence-corrected chi connectivity index (χ4v) is 3.59. The van der Waals surface area contributed by atoms with E-state index in [1.165, 1.54) is 0 Å². The molecule has 0 unspecified atom stereocenters. The summed E-state index contributed by atoms with van der Waals surface area (Å²) in [7, 11) is 0. The van der Waals surface area contributed by atoms with Crippen LogP contribution in [-0.2, 0) is 11.2 Å². The summed E-state index contributed by atoms with van der Waals surface area (Å²) in [5, 5.41) is 4.61. The van der Waals surface area contributed by atoms with Crippen LogP contribution in [-0.4, -0.2) is 15.9 Å². The average molecular weight is 402 g/mol. The third-order valence-electron chi connectivity index (χ3n) is 4.77. The fraction of sp³-hybridized carbons (Fsp3) is 0.0435. The Morgan fingerprint density at radius 2 is 1.97 bits per heavy atom. The van der Waals surface area contributed by atoms with Crippen LogP contribution in [0.15, 0.2) is 77.3 Å². The van der Waals surface area contributed by atoms with E-state index in [1.54, 1.807) is 18.2 Å². The summed E-state index contributed by atoms with van der Waals surface area (Å²) in [6.45, 7) is 0. The Balaban J connectivity index is 1.37. The second kappa shape index (κ2) is 7.11. The van der Waals surface area contributed by atoms with Crippen LogP contribution < -0.4 is 5.32 Å². The fourth-order valence-electron chi connectivity index (χ4n) is 3.40. The van der Waals surface area contributed by atoms with Gasteiger partial charge in [0.2, 0.25) is 11.8 Å². The topological polar surface area (TPSA) is 70.9 Å². The van der Waals surface area contributed by atoms with Crippen molar-refractivity contribution in [2.45, 2.75) is 6.42 Å². The van der Waals surface area contributed by atoms with Crippen molar-refractivity contribution >= 4 is 45.2 Å². The number of carbonyl (C=O) groups is 1. The Morgan fingerprint density at radius 1 is 1.07 bits per heavy atom. The van der Waals surface area contributed by atoms with E-state index >= 15 is 0 Å². The van der Waals surface area contributed by atoms with Gasteiger partial charge in [-0.05, 0) is 42.0 Å². The molecule has 2 heterocycles. The molecule has 0 aliphatic rings. The lowest BCUT2D eigenvalue weighted by atomic mass is 10.1. The van der Waals surface area contributed by atoms with Crippen molar-refractivity contribution in [2.75, 3.05) is 5.32 Å². The number of carbonyl (C=O) groups excluding carboxylic acids is 1. The van der Waals surface area contributed by atoms with Gasteiger partial charge >= 0.3 is 0 Å². The molecule has 0 atom stereocenters. The second-order valence-electron chi connectivity index (χ2n) is 6.80. The molecule has 0 spiro atoms. The molecule has 0 saturated heterocycles. The lowest BCUT2D eigenvalue weighted by molar-refractivity contribution is -0.115. The van der Waals surface area contributed by atoms with Crippen molar-refractivity contribution in [1.82, 2.24) is 9.97 Å². The number of para-hydroxylation sites is 1. The second-order valence-corrected chi connectivity index (χ2v) is 7.23. The minimum atomic E-state index is -0.0938. The number of hydrogen-bond donors (Lipinski definition) is 2. The van der Waals surface area contributed by atoms with Crippen molar-refractivity contribution < 1.29 is 9.21 Å². The third-order valence-corrected chi connectivity index (χ3v) is 5.00. The number of halogens is 1. The van der Waals surface area contributed by atoms with Gasteiger partial charge in [-0.1, -0.05) is 35.9 Å². The number of amides is 1. The van der Waals surface area contributed by atoms with Gasteiger partial charge in [0, 0.05) is 39.4 Å². The molecule has 0 aliphatic heterocycles. The van der Waals surface area contributed by atoms with Crippen LogP contribution in [0, 0.1) is 0 Å². The normalized spacial score (nSPS) is 11.2. The van der Waals surface area contributed by atoms with Crippen molar-refractivity contribution in [3.05, 3.63) is 83.5 Å². The molecule has 6 heteroatoms. The Kier molecular flexibility index (Phi) is 4.30. The van der Waals surface area contributed by atoms with Crippen LogP contribution in [0.4, 0.5) is 5.69 Å². The molecule has 3 aromatic carbocycles. The standard InChI is InChI=1S/C23H16ClN3O2/c24-16-5-3-4-14(10-16)23-27-20-9-8-17(12-21(20)29-23)26-22(28)11-15-13-25-19-7-2-1-6-18(15)19/h1-10,12-13,25H,11H2,(H,26,28). The Morgan fingerprint density at radius 3 is 2.86 bits per heavy atom. The molecule has 5 nitrogen and oxygen atoms in total. The summed E-state index contributed by atoms with van der Waals surface area (Å²) >= 11 is 6.05. The van der Waals surface area contributed by atoms with E-state index in [2.05, 4.69) is 15.3 Å². The summed E-state index contributed by atoms with van der Waals surface area (Å²) in [6.07, 6.45) is 2.16. The predicted molar refractivity (Wildman–Crippen MR) is 115 cm³/mol. The number of aromatic nitrogens is 2. The molecule has 142 valence electrons. The van der Waals surface area contributed by atoms with Gasteiger partial charge in [-0.15, -0.1) is 0 Å². The van der Waals surface area contributed by atoms with Crippen molar-refractivity contribution in [2.24, 2.45) is 0 Å². The van der Waals surface area contributed by atoms with Crippen LogP contribution in [0.3, 0.4) is 0 Å². The maximum atomic E-state index is 12.5. The number of anilines is 1. The maximum Gasteiger partial charge on any atom is 0.228 e. The highest BCUT2D eigenvalue weighted by Crippen LogP contribution is 2.28. The van der Waals surface area contributed by atoms with Crippen molar-refractivity contribution in [3.63, 3.8) is 0 Å². The number of hydrogen-bond acceptors (Lipinski definition) is 3. The lowest BCUT2D eigenvalue weighted by Crippen LogP contribution is -2.14. The molecule has 0 radical (unpaired) electrons. The Bertz CT molecular complexity index is 1350. The zero-order valence-corrected chi connectivity index (χ0v) is 16.0. The largest absolute Gasteiger partial charge is 0.436 e. The quantitative estimate of drug-likeness (QED) is 0.399. The van der Waals surface area contributed by atoms with Gasteiger partial charge in [0.25, 0.3) is 0 Å². The summed E-state index contributed by atoms with van der Waals surface area (Å²) in [5.74, 6) is 0.397. The van der Waals surface area contributed by atoms with Crippen LogP contribution in [0.5, 0.6) is 0 Å². The summed E-state index contributed by atoms with van der Waals surface area (Å²) in [6, 6.07) is 20.7. The first kappa shape index (κ1) is 17.5. The first-order valence-corrected chi connectivity index (χ1v) is 9.55. The molecule has 0 saturated carbocycles. The van der Waals surface area contributed by atoms with Gasteiger partial charge in [0.1, 0.15) is 5.52 Å². The Hall–Kier alpha value is -3.57. The maximum absolute atomic E-state index is 12.5. The molecular formula is C23H16ClN3O2. The SMILES string of the molecule is O=C(Cc1c[nH]c2ccccc12)Nc1ccc2nc(-c3cccc(Cl)c3)oc2c1. The van der Waals surface area contributed by atoms with Gasteiger partial charge < -0.3 is 14.7 Å². The molecule has 0 fully saturated rings. The first-order chi connectivity index (χ1) is 14.2. The van der Waals surface area contributed by atoms with Crippen LogP contribution in [0.25, 0.3) is 33.5 Å². The molecular weight excluding hydrogens is 386 g/mol. The van der Waals surface area contributed by atoms with E-state index in [4.69, 9.17) is 16.0 Å². The number of H-pyrrole nitrogens is 1. The highest BCUT2D eigenvalue weighted by Gasteiger charge is 2.12. The van der Waals surface area contributed by atoms with Gasteiger partial charge in [-0.25, -0.2) is 4.98 Å². The van der Waals surface area contributed by atoms with Crippen LogP contribution in [0.2, 0.25) is 5.02 Å². The van der Waals surface area contributed by atoms with E-state index in [1.807, 2.05) is 54.7 Å². The van der Waals surface area contributed by atoms with Gasteiger partial charge in [-0.2, -0.15) is 0 Å². The van der Waals surface area contributed by atoms with Gasteiger partial charge in [-0.3, -0.25) is 4.79 Å².